The number of benzene rings is 2. The zero-order valence-electron chi connectivity index (χ0n) is 25.8. The molecule has 1 heterocycles. The van der Waals surface area contributed by atoms with Crippen LogP contribution in [0.5, 0.6) is 0 Å². The van der Waals surface area contributed by atoms with E-state index in [0.29, 0.717) is 37.4 Å². The SMILES string of the molecule is CCNc1cc(C(=O)N[C@@H](Cc2ccccc2)[C@H](O)CNC(C)(C)CCCC(C)C)c(F)c(N2CCCCS2(O)O)c1. The van der Waals surface area contributed by atoms with Gasteiger partial charge in [0.25, 0.3) is 5.91 Å². The van der Waals surface area contributed by atoms with Gasteiger partial charge in [-0.3, -0.25) is 18.2 Å². The summed E-state index contributed by atoms with van der Waals surface area (Å²) in [4.78, 5) is 13.7. The predicted octanol–water partition coefficient (Wildman–Crippen LogP) is 6.42. The molecule has 0 bridgehead atoms. The minimum absolute atomic E-state index is 0.0109. The predicted molar refractivity (Wildman–Crippen MR) is 173 cm³/mol. The minimum atomic E-state index is -3.20. The molecule has 0 aliphatic carbocycles. The normalized spacial score (nSPS) is 17.5. The molecule has 0 spiro atoms. The van der Waals surface area contributed by atoms with E-state index in [1.54, 1.807) is 0 Å². The lowest BCUT2D eigenvalue weighted by molar-refractivity contribution is 0.0808. The van der Waals surface area contributed by atoms with Crippen molar-refractivity contribution in [2.24, 2.45) is 5.92 Å². The van der Waals surface area contributed by atoms with Crippen LogP contribution in [0.25, 0.3) is 0 Å². The lowest BCUT2D eigenvalue weighted by Crippen LogP contribution is -2.52. The first-order chi connectivity index (χ1) is 19.8. The molecule has 1 aliphatic rings. The standard InChI is InChI=1S/C32H51FN4O4S/c1-6-34-25-20-26(30(33)28(21-25)37-17-10-11-18-42(37,40)41)31(39)36-27(19-24-14-8-7-9-15-24)29(38)22-35-32(4,5)16-12-13-23(2)3/h7-9,14-15,20-21,23,27,29,34-35,38,40-41H,6,10-13,16-19,22H2,1-5H3,(H,36,39)/t27-,29+/m0/s1. The Hall–Kier alpha value is -2.37. The zero-order valence-corrected chi connectivity index (χ0v) is 26.6. The van der Waals surface area contributed by atoms with Crippen molar-refractivity contribution >= 4 is 28.1 Å². The molecule has 1 saturated heterocycles. The van der Waals surface area contributed by atoms with Gasteiger partial charge in [0.1, 0.15) is 0 Å². The molecule has 1 fully saturated rings. The van der Waals surface area contributed by atoms with E-state index in [4.69, 9.17) is 0 Å². The van der Waals surface area contributed by atoms with E-state index >= 15 is 4.39 Å². The average molecular weight is 607 g/mol. The number of β-amino-alcohol motifs (C(OH)–C–C–N with tert-alkyl or cyclic N) is 1. The number of hydrogen-bond donors (Lipinski definition) is 6. The summed E-state index contributed by atoms with van der Waals surface area (Å²) in [6.07, 6.45) is 3.91. The topological polar surface area (TPSA) is 117 Å². The van der Waals surface area contributed by atoms with Crippen LogP contribution in [0.3, 0.4) is 0 Å². The molecule has 6 N–H and O–H groups in total. The van der Waals surface area contributed by atoms with Crippen LogP contribution in [-0.2, 0) is 6.42 Å². The number of aliphatic hydroxyl groups is 1. The van der Waals surface area contributed by atoms with Gasteiger partial charge < -0.3 is 21.1 Å². The second-order valence-electron chi connectivity index (χ2n) is 12.4. The molecule has 2 atom stereocenters. The number of anilines is 2. The van der Waals surface area contributed by atoms with E-state index in [1.807, 2.05) is 37.3 Å². The number of nitrogens with zero attached hydrogens (tertiary/aromatic N) is 1. The second kappa shape index (κ2) is 15.4. The van der Waals surface area contributed by atoms with Crippen molar-refractivity contribution in [3.8, 4) is 0 Å². The van der Waals surface area contributed by atoms with E-state index in [2.05, 4.69) is 43.6 Å². The first-order valence-corrected chi connectivity index (χ1v) is 16.9. The van der Waals surface area contributed by atoms with Gasteiger partial charge in [0.2, 0.25) is 0 Å². The van der Waals surface area contributed by atoms with Crippen molar-refractivity contribution in [2.75, 3.05) is 35.0 Å². The van der Waals surface area contributed by atoms with E-state index in [0.717, 1.165) is 24.8 Å². The highest BCUT2D eigenvalue weighted by atomic mass is 32.3. The molecule has 1 amide bonds. The quantitative estimate of drug-likeness (QED) is 0.139. The molecule has 10 heteroatoms. The van der Waals surface area contributed by atoms with Crippen molar-refractivity contribution in [1.29, 1.82) is 0 Å². The zero-order chi connectivity index (χ0) is 30.9. The highest BCUT2D eigenvalue weighted by Gasteiger charge is 2.32. The highest BCUT2D eigenvalue weighted by Crippen LogP contribution is 2.51. The molecule has 1 aliphatic heterocycles. The number of halogens is 1. The van der Waals surface area contributed by atoms with Crippen molar-refractivity contribution in [3.63, 3.8) is 0 Å². The summed E-state index contributed by atoms with van der Waals surface area (Å²) in [6, 6.07) is 11.8. The molecule has 0 saturated carbocycles. The average Bonchev–Trinajstić information content (AvgIpc) is 2.92. The van der Waals surface area contributed by atoms with Gasteiger partial charge in [-0.1, -0.05) is 57.0 Å². The Balaban J connectivity index is 1.85. The van der Waals surface area contributed by atoms with Crippen LogP contribution >= 0.6 is 10.8 Å². The van der Waals surface area contributed by atoms with Crippen LogP contribution in [0, 0.1) is 11.7 Å². The number of hydrogen-bond acceptors (Lipinski definition) is 7. The van der Waals surface area contributed by atoms with Crippen molar-refractivity contribution in [3.05, 3.63) is 59.4 Å². The molecule has 8 nitrogen and oxygen atoms in total. The van der Waals surface area contributed by atoms with Crippen molar-refractivity contribution in [2.45, 2.75) is 90.8 Å². The first-order valence-electron chi connectivity index (χ1n) is 15.2. The third-order valence-corrected chi connectivity index (χ3v) is 9.70. The van der Waals surface area contributed by atoms with Crippen LogP contribution in [0.1, 0.15) is 82.6 Å². The number of carbonyl (C=O) groups excluding carboxylic acids is 1. The Kier molecular flexibility index (Phi) is 12.5. The summed E-state index contributed by atoms with van der Waals surface area (Å²) >= 11 is 0. The van der Waals surface area contributed by atoms with Gasteiger partial charge in [0.05, 0.1) is 29.1 Å². The molecule has 2 aromatic rings. The fourth-order valence-electron chi connectivity index (χ4n) is 5.31. The lowest BCUT2D eigenvalue weighted by atomic mass is 9.93. The maximum Gasteiger partial charge on any atom is 0.254 e. The van der Waals surface area contributed by atoms with Crippen LogP contribution in [0.15, 0.2) is 42.5 Å². The fraction of sp³-hybridized carbons (Fsp3) is 0.594. The minimum Gasteiger partial charge on any atom is -0.390 e. The second-order valence-corrected chi connectivity index (χ2v) is 14.5. The number of carbonyl (C=O) groups is 1. The summed E-state index contributed by atoms with van der Waals surface area (Å²) < 4.78 is 38.7. The van der Waals surface area contributed by atoms with Gasteiger partial charge in [-0.2, -0.15) is 0 Å². The Morgan fingerprint density at radius 2 is 1.86 bits per heavy atom. The highest BCUT2D eigenvalue weighted by molar-refractivity contribution is 8.25. The first kappa shape index (κ1) is 34.1. The Morgan fingerprint density at radius 1 is 1.14 bits per heavy atom. The van der Waals surface area contributed by atoms with Crippen LogP contribution < -0.4 is 20.3 Å². The van der Waals surface area contributed by atoms with Gasteiger partial charge in [-0.05, 0) is 70.1 Å². The monoisotopic (exact) mass is 606 g/mol. The Bertz CT molecular complexity index is 1150. The summed E-state index contributed by atoms with van der Waals surface area (Å²) in [5.41, 5.74) is 1.02. The molecule has 3 rings (SSSR count). The van der Waals surface area contributed by atoms with Crippen LogP contribution in [0.4, 0.5) is 15.8 Å². The lowest BCUT2D eigenvalue weighted by Gasteiger charge is -2.47. The molecule has 2 aromatic carbocycles. The smallest absolute Gasteiger partial charge is 0.254 e. The largest absolute Gasteiger partial charge is 0.390 e. The third kappa shape index (κ3) is 9.84. The number of nitrogens with one attached hydrogen (secondary N) is 3. The maximum atomic E-state index is 16.0. The maximum absolute atomic E-state index is 16.0. The van der Waals surface area contributed by atoms with E-state index in [-0.39, 0.29) is 35.6 Å². The third-order valence-electron chi connectivity index (χ3n) is 7.78. The molecular formula is C32H51FN4O4S. The van der Waals surface area contributed by atoms with Gasteiger partial charge in [0, 0.05) is 30.9 Å². The summed E-state index contributed by atoms with van der Waals surface area (Å²) in [7, 11) is -3.20. The molecule has 0 unspecified atom stereocenters. The summed E-state index contributed by atoms with van der Waals surface area (Å²) in [5.74, 6) is -0.691. The molecule has 42 heavy (non-hydrogen) atoms. The number of aliphatic hydroxyl groups excluding tert-OH is 1. The Morgan fingerprint density at radius 3 is 2.50 bits per heavy atom. The van der Waals surface area contributed by atoms with Gasteiger partial charge >= 0.3 is 0 Å². The fourth-order valence-corrected chi connectivity index (χ4v) is 6.99. The van der Waals surface area contributed by atoms with Crippen molar-refractivity contribution < 1.29 is 23.4 Å². The van der Waals surface area contributed by atoms with Crippen molar-refractivity contribution in [1.82, 2.24) is 10.6 Å². The number of amides is 1. The van der Waals surface area contributed by atoms with E-state index in [1.165, 1.54) is 16.4 Å². The van der Waals surface area contributed by atoms with Crippen LogP contribution in [0.2, 0.25) is 0 Å². The summed E-state index contributed by atoms with van der Waals surface area (Å²) in [5, 5.41) is 20.8. The van der Waals surface area contributed by atoms with Gasteiger partial charge in [0.15, 0.2) is 5.82 Å². The summed E-state index contributed by atoms with van der Waals surface area (Å²) in [6.45, 7) is 11.6. The Labute approximate surface area is 253 Å². The number of rotatable bonds is 15. The van der Waals surface area contributed by atoms with Gasteiger partial charge in [-0.15, -0.1) is 10.8 Å². The molecule has 236 valence electrons. The van der Waals surface area contributed by atoms with Crippen LogP contribution in [-0.4, -0.2) is 63.2 Å². The molecule has 0 aromatic heterocycles. The van der Waals surface area contributed by atoms with Gasteiger partial charge in [-0.25, -0.2) is 4.39 Å². The molecular weight excluding hydrogens is 555 g/mol. The van der Waals surface area contributed by atoms with E-state index < -0.39 is 34.6 Å². The van der Waals surface area contributed by atoms with E-state index in [9.17, 15) is 19.0 Å². The molecule has 0 radical (unpaired) electrons.